The van der Waals surface area contributed by atoms with Gasteiger partial charge < -0.3 is 14.8 Å². The molecule has 25 heavy (non-hydrogen) atoms. The van der Waals surface area contributed by atoms with E-state index in [-0.39, 0.29) is 11.5 Å². The Hall–Kier alpha value is -2.47. The molecule has 3 heterocycles. The summed E-state index contributed by atoms with van der Waals surface area (Å²) in [4.78, 5) is 35.0. The lowest BCUT2D eigenvalue weighted by atomic mass is 10.1. The molecule has 1 unspecified atom stereocenters. The van der Waals surface area contributed by atoms with Gasteiger partial charge in [0.25, 0.3) is 5.91 Å². The van der Waals surface area contributed by atoms with Gasteiger partial charge in [-0.3, -0.25) is 14.6 Å². The van der Waals surface area contributed by atoms with Gasteiger partial charge in [-0.1, -0.05) is 6.07 Å². The van der Waals surface area contributed by atoms with Crippen LogP contribution in [-0.4, -0.2) is 52.4 Å². The van der Waals surface area contributed by atoms with Crippen LogP contribution >= 0.6 is 0 Å². The zero-order valence-corrected chi connectivity index (χ0v) is 14.7. The number of nitrogens with zero attached hydrogens (tertiary/aromatic N) is 3. The number of nitrogens with one attached hydrogen (secondary N) is 1. The minimum atomic E-state index is -0.176. The molecular formula is C19H24N4O2. The third-order valence-corrected chi connectivity index (χ3v) is 4.66. The number of amides is 1. The highest BCUT2D eigenvalue weighted by atomic mass is 16.2. The van der Waals surface area contributed by atoms with Crippen LogP contribution in [0, 0.1) is 12.8 Å². The average Bonchev–Trinajstić information content (AvgIpc) is 3.03. The fourth-order valence-corrected chi connectivity index (χ4v) is 3.45. The van der Waals surface area contributed by atoms with Crippen molar-refractivity contribution in [2.24, 2.45) is 5.92 Å². The van der Waals surface area contributed by atoms with E-state index in [1.807, 2.05) is 17.2 Å². The summed E-state index contributed by atoms with van der Waals surface area (Å²) in [6.07, 6.45) is 4.67. The Morgan fingerprint density at radius 3 is 2.96 bits per heavy atom. The molecule has 1 fully saturated rings. The van der Waals surface area contributed by atoms with Gasteiger partial charge in [-0.25, -0.2) is 0 Å². The first kappa shape index (κ1) is 17.4. The van der Waals surface area contributed by atoms with Gasteiger partial charge >= 0.3 is 0 Å². The molecule has 0 bridgehead atoms. The first-order valence-electron chi connectivity index (χ1n) is 8.59. The number of pyridine rings is 2. The molecule has 1 atom stereocenters. The van der Waals surface area contributed by atoms with Crippen LogP contribution in [-0.2, 0) is 6.54 Å². The zero-order valence-electron chi connectivity index (χ0n) is 14.7. The number of aryl methyl sites for hydroxylation is 1. The summed E-state index contributed by atoms with van der Waals surface area (Å²) < 4.78 is 0. The lowest BCUT2D eigenvalue weighted by Crippen LogP contribution is -2.32. The Bertz CT molecular complexity index is 788. The molecule has 6 nitrogen and oxygen atoms in total. The molecule has 2 aromatic heterocycles. The predicted octanol–water partition coefficient (Wildman–Crippen LogP) is 1.67. The number of carbonyl (C=O) groups is 1. The van der Waals surface area contributed by atoms with Gasteiger partial charge in [-0.2, -0.15) is 0 Å². The van der Waals surface area contributed by atoms with Crippen molar-refractivity contribution in [3.63, 3.8) is 0 Å². The van der Waals surface area contributed by atoms with Crippen LogP contribution in [0.25, 0.3) is 0 Å². The molecule has 0 saturated carbocycles. The van der Waals surface area contributed by atoms with E-state index >= 15 is 0 Å². The van der Waals surface area contributed by atoms with E-state index in [1.54, 1.807) is 19.2 Å². The first-order valence-corrected chi connectivity index (χ1v) is 8.59. The van der Waals surface area contributed by atoms with Crippen LogP contribution in [0.2, 0.25) is 0 Å². The minimum absolute atomic E-state index is 0.00571. The highest BCUT2D eigenvalue weighted by Crippen LogP contribution is 2.20. The summed E-state index contributed by atoms with van der Waals surface area (Å²) in [7, 11) is 2.10. The number of hydrogen-bond acceptors (Lipinski definition) is 4. The smallest absolute Gasteiger partial charge is 0.255 e. The van der Waals surface area contributed by atoms with Crippen LogP contribution < -0.4 is 5.56 Å². The van der Waals surface area contributed by atoms with Gasteiger partial charge in [0, 0.05) is 50.3 Å². The Morgan fingerprint density at radius 1 is 1.40 bits per heavy atom. The summed E-state index contributed by atoms with van der Waals surface area (Å²) in [5.41, 5.74) is 2.24. The van der Waals surface area contributed by atoms with E-state index < -0.39 is 0 Å². The molecule has 0 aliphatic carbocycles. The van der Waals surface area contributed by atoms with E-state index in [2.05, 4.69) is 28.0 Å². The van der Waals surface area contributed by atoms with Gasteiger partial charge in [-0.15, -0.1) is 0 Å². The monoisotopic (exact) mass is 340 g/mol. The second-order valence-electron chi connectivity index (χ2n) is 6.83. The Labute approximate surface area is 147 Å². The Kier molecular flexibility index (Phi) is 5.28. The maximum absolute atomic E-state index is 12.7. The summed E-state index contributed by atoms with van der Waals surface area (Å²) in [5, 5.41) is 0. The molecule has 132 valence electrons. The van der Waals surface area contributed by atoms with Crippen molar-refractivity contribution in [2.45, 2.75) is 19.9 Å². The molecule has 1 saturated heterocycles. The number of carbonyl (C=O) groups excluding carboxylic acids is 1. The molecule has 1 N–H and O–H groups in total. The molecule has 0 aromatic carbocycles. The van der Waals surface area contributed by atoms with E-state index in [0.717, 1.165) is 32.6 Å². The lowest BCUT2D eigenvalue weighted by Gasteiger charge is -2.22. The highest BCUT2D eigenvalue weighted by Gasteiger charge is 2.28. The van der Waals surface area contributed by atoms with E-state index in [4.69, 9.17) is 0 Å². The van der Waals surface area contributed by atoms with Gasteiger partial charge in [0.1, 0.15) is 0 Å². The fraction of sp³-hybridized carbons (Fsp3) is 0.421. The second-order valence-corrected chi connectivity index (χ2v) is 6.83. The summed E-state index contributed by atoms with van der Waals surface area (Å²) in [6.45, 7) is 5.10. The normalized spacial score (nSPS) is 17.2. The standard InChI is InChI=1S/C19H24N4O2/c1-14-17(5-6-18(24)21-14)19(25)23-9-7-16(13-23)12-22(2)11-15-4-3-8-20-10-15/h3-6,8,10,16H,7,9,11-13H2,1-2H3,(H,21,24). The van der Waals surface area contributed by atoms with Gasteiger partial charge in [0.05, 0.1) is 5.56 Å². The molecule has 2 aromatic rings. The molecule has 1 aliphatic rings. The SMILES string of the molecule is Cc1[nH]c(=O)ccc1C(=O)N1CCC(CN(C)Cc2cccnc2)C1. The number of aromatic amines is 1. The molecule has 3 rings (SSSR count). The van der Waals surface area contributed by atoms with Gasteiger partial charge in [0.15, 0.2) is 0 Å². The van der Waals surface area contributed by atoms with Crippen molar-refractivity contribution < 1.29 is 4.79 Å². The van der Waals surface area contributed by atoms with Crippen LogP contribution in [0.4, 0.5) is 0 Å². The van der Waals surface area contributed by atoms with Crippen molar-refractivity contribution in [3.05, 3.63) is 63.8 Å². The van der Waals surface area contributed by atoms with Crippen molar-refractivity contribution in [2.75, 3.05) is 26.7 Å². The summed E-state index contributed by atoms with van der Waals surface area (Å²) in [6, 6.07) is 7.06. The molecule has 6 heteroatoms. The van der Waals surface area contributed by atoms with Crippen LogP contribution in [0.15, 0.2) is 41.5 Å². The van der Waals surface area contributed by atoms with Crippen molar-refractivity contribution >= 4 is 5.91 Å². The first-order chi connectivity index (χ1) is 12.0. The Balaban J connectivity index is 1.56. The zero-order chi connectivity index (χ0) is 17.8. The van der Waals surface area contributed by atoms with Gasteiger partial charge in [-0.05, 0) is 44.0 Å². The third-order valence-electron chi connectivity index (χ3n) is 4.66. The number of likely N-dealkylation sites (tertiary alicyclic amines) is 1. The maximum atomic E-state index is 12.7. The largest absolute Gasteiger partial charge is 0.338 e. The Morgan fingerprint density at radius 2 is 2.24 bits per heavy atom. The van der Waals surface area contributed by atoms with Crippen LogP contribution in [0.3, 0.4) is 0 Å². The third kappa shape index (κ3) is 4.33. The minimum Gasteiger partial charge on any atom is -0.338 e. The predicted molar refractivity (Wildman–Crippen MR) is 96.4 cm³/mol. The molecule has 0 radical (unpaired) electrons. The van der Waals surface area contributed by atoms with Crippen molar-refractivity contribution in [3.8, 4) is 0 Å². The van der Waals surface area contributed by atoms with Crippen LogP contribution in [0.1, 0.15) is 28.0 Å². The molecule has 1 aliphatic heterocycles. The molecule has 1 amide bonds. The van der Waals surface area contributed by atoms with E-state index in [0.29, 0.717) is 17.2 Å². The van der Waals surface area contributed by atoms with Crippen molar-refractivity contribution in [1.82, 2.24) is 19.8 Å². The second kappa shape index (κ2) is 7.61. The van der Waals surface area contributed by atoms with E-state index in [9.17, 15) is 9.59 Å². The summed E-state index contributed by atoms with van der Waals surface area (Å²) >= 11 is 0. The van der Waals surface area contributed by atoms with E-state index in [1.165, 1.54) is 11.6 Å². The lowest BCUT2D eigenvalue weighted by molar-refractivity contribution is 0.0783. The van der Waals surface area contributed by atoms with Crippen molar-refractivity contribution in [1.29, 1.82) is 0 Å². The highest BCUT2D eigenvalue weighted by molar-refractivity contribution is 5.95. The maximum Gasteiger partial charge on any atom is 0.255 e. The number of aromatic nitrogens is 2. The molecular weight excluding hydrogens is 316 g/mol. The summed E-state index contributed by atoms with van der Waals surface area (Å²) in [5.74, 6) is 0.472. The topological polar surface area (TPSA) is 69.3 Å². The average molecular weight is 340 g/mol. The van der Waals surface area contributed by atoms with Gasteiger partial charge in [0.2, 0.25) is 5.56 Å². The molecule has 0 spiro atoms. The van der Waals surface area contributed by atoms with Crippen LogP contribution in [0.5, 0.6) is 0 Å². The number of hydrogen-bond donors (Lipinski definition) is 1. The quantitative estimate of drug-likeness (QED) is 0.899. The number of H-pyrrole nitrogens is 1. The fourth-order valence-electron chi connectivity index (χ4n) is 3.45. The number of rotatable bonds is 5.